The Morgan fingerprint density at radius 2 is 2.00 bits per heavy atom. The standard InChI is InChI=1S/C15H15NO4/c17-9-3-1-8(2-4-9)16-14(18)12-7-5-10-11(6-7)20-15(19)13(10)12/h1-4,7,10-13,17H,5-6H2,(H,16,18)/t7-,10-,11-,12-,13+/m1/s1. The first kappa shape index (κ1) is 11.8. The summed E-state index contributed by atoms with van der Waals surface area (Å²) < 4.78 is 5.33. The monoisotopic (exact) mass is 273 g/mol. The van der Waals surface area contributed by atoms with Crippen molar-refractivity contribution in [2.24, 2.45) is 23.7 Å². The zero-order chi connectivity index (χ0) is 13.9. The minimum Gasteiger partial charge on any atom is -0.508 e. The lowest BCUT2D eigenvalue weighted by molar-refractivity contribution is -0.145. The number of rotatable bonds is 2. The lowest BCUT2D eigenvalue weighted by Gasteiger charge is -2.23. The number of carbonyl (C=O) groups excluding carboxylic acids is 2. The van der Waals surface area contributed by atoms with Crippen LogP contribution in [0.25, 0.3) is 0 Å². The number of hydrogen-bond donors (Lipinski definition) is 2. The summed E-state index contributed by atoms with van der Waals surface area (Å²) in [7, 11) is 0. The van der Waals surface area contributed by atoms with Crippen LogP contribution in [-0.2, 0) is 14.3 Å². The Hall–Kier alpha value is -2.04. The van der Waals surface area contributed by atoms with Crippen LogP contribution in [0.15, 0.2) is 24.3 Å². The van der Waals surface area contributed by atoms with Gasteiger partial charge in [-0.15, -0.1) is 0 Å². The van der Waals surface area contributed by atoms with Crippen LogP contribution < -0.4 is 5.32 Å². The number of amides is 1. The first-order valence-corrected chi connectivity index (χ1v) is 6.94. The van der Waals surface area contributed by atoms with E-state index < -0.39 is 0 Å². The molecule has 4 rings (SSSR count). The third kappa shape index (κ3) is 1.55. The van der Waals surface area contributed by atoms with Crippen molar-refractivity contribution in [2.45, 2.75) is 18.9 Å². The van der Waals surface area contributed by atoms with Crippen LogP contribution in [0.1, 0.15) is 12.8 Å². The summed E-state index contributed by atoms with van der Waals surface area (Å²) in [6, 6.07) is 6.35. The molecule has 2 aliphatic carbocycles. The van der Waals surface area contributed by atoms with Crippen LogP contribution in [0.2, 0.25) is 0 Å². The van der Waals surface area contributed by atoms with Gasteiger partial charge < -0.3 is 15.2 Å². The third-order valence-electron chi connectivity index (χ3n) is 4.92. The second kappa shape index (κ2) is 3.98. The van der Waals surface area contributed by atoms with E-state index in [0.717, 1.165) is 12.8 Å². The first-order chi connectivity index (χ1) is 9.63. The highest BCUT2D eigenvalue weighted by atomic mass is 16.6. The Balaban J connectivity index is 1.54. The Kier molecular flexibility index (Phi) is 2.34. The van der Waals surface area contributed by atoms with Crippen LogP contribution in [0.3, 0.4) is 0 Å². The molecule has 1 aromatic carbocycles. The highest BCUT2D eigenvalue weighted by molar-refractivity contribution is 5.96. The summed E-state index contributed by atoms with van der Waals surface area (Å²) >= 11 is 0. The van der Waals surface area contributed by atoms with Gasteiger partial charge in [0.05, 0.1) is 11.8 Å². The fourth-order valence-electron chi connectivity index (χ4n) is 4.13. The number of nitrogens with one attached hydrogen (secondary N) is 1. The van der Waals surface area contributed by atoms with Gasteiger partial charge in [-0.25, -0.2) is 0 Å². The summed E-state index contributed by atoms with van der Waals surface area (Å²) in [6.45, 7) is 0. The maximum absolute atomic E-state index is 12.4. The second-order valence-electron chi connectivity index (χ2n) is 5.96. The van der Waals surface area contributed by atoms with E-state index in [2.05, 4.69) is 5.32 Å². The van der Waals surface area contributed by atoms with Gasteiger partial charge in [-0.3, -0.25) is 9.59 Å². The lowest BCUT2D eigenvalue weighted by atomic mass is 9.79. The van der Waals surface area contributed by atoms with Gasteiger partial charge in [-0.1, -0.05) is 0 Å². The molecule has 104 valence electrons. The average Bonchev–Trinajstić information content (AvgIpc) is 3.02. The van der Waals surface area contributed by atoms with Crippen molar-refractivity contribution < 1.29 is 19.4 Å². The van der Waals surface area contributed by atoms with Crippen molar-refractivity contribution in [3.05, 3.63) is 24.3 Å². The molecule has 5 nitrogen and oxygen atoms in total. The number of hydrogen-bond acceptors (Lipinski definition) is 4. The van der Waals surface area contributed by atoms with Gasteiger partial charge in [0.2, 0.25) is 5.91 Å². The Morgan fingerprint density at radius 3 is 2.75 bits per heavy atom. The molecule has 0 spiro atoms. The molecule has 3 aliphatic rings. The molecule has 2 bridgehead atoms. The predicted molar refractivity (Wildman–Crippen MR) is 69.8 cm³/mol. The van der Waals surface area contributed by atoms with E-state index in [1.807, 2.05) is 0 Å². The average molecular weight is 273 g/mol. The van der Waals surface area contributed by atoms with E-state index in [-0.39, 0.29) is 47.4 Å². The first-order valence-electron chi connectivity index (χ1n) is 6.94. The predicted octanol–water partition coefficient (Wildman–Crippen LogP) is 1.53. The molecule has 1 amide bonds. The lowest BCUT2D eigenvalue weighted by Crippen LogP contribution is -2.35. The zero-order valence-electron chi connectivity index (χ0n) is 10.8. The highest BCUT2D eigenvalue weighted by Crippen LogP contribution is 2.57. The van der Waals surface area contributed by atoms with E-state index in [1.165, 1.54) is 12.1 Å². The third-order valence-corrected chi connectivity index (χ3v) is 4.92. The summed E-state index contributed by atoms with van der Waals surface area (Å²) in [4.78, 5) is 24.3. The number of esters is 1. The summed E-state index contributed by atoms with van der Waals surface area (Å²) in [5.41, 5.74) is 0.637. The molecule has 1 heterocycles. The summed E-state index contributed by atoms with van der Waals surface area (Å²) in [5, 5.41) is 12.1. The topological polar surface area (TPSA) is 75.6 Å². The molecule has 0 aromatic heterocycles. The van der Waals surface area contributed by atoms with Gasteiger partial charge in [-0.05, 0) is 43.0 Å². The molecule has 1 aromatic rings. The van der Waals surface area contributed by atoms with Gasteiger partial charge in [0, 0.05) is 11.6 Å². The number of carbonyl (C=O) groups is 2. The van der Waals surface area contributed by atoms with Crippen LogP contribution in [0.4, 0.5) is 5.69 Å². The van der Waals surface area contributed by atoms with Crippen molar-refractivity contribution >= 4 is 17.6 Å². The molecule has 5 atom stereocenters. The summed E-state index contributed by atoms with van der Waals surface area (Å²) in [6.07, 6.45) is 1.80. The van der Waals surface area contributed by atoms with Gasteiger partial charge in [0.15, 0.2) is 0 Å². The maximum Gasteiger partial charge on any atom is 0.310 e. The number of benzene rings is 1. The SMILES string of the molecule is O=C(Nc1ccc(O)cc1)[C@@H]1[C@@H]2C[C@H]3[C@@H]1C(=O)O[C@@H]3C2. The smallest absolute Gasteiger partial charge is 0.310 e. The largest absolute Gasteiger partial charge is 0.508 e. The number of ether oxygens (including phenoxy) is 1. The fraction of sp³-hybridized carbons (Fsp3) is 0.467. The van der Waals surface area contributed by atoms with Gasteiger partial charge in [-0.2, -0.15) is 0 Å². The number of anilines is 1. The Bertz CT molecular complexity index is 580. The Labute approximate surface area is 115 Å². The van der Waals surface area contributed by atoms with E-state index in [1.54, 1.807) is 12.1 Å². The van der Waals surface area contributed by atoms with Crippen LogP contribution in [-0.4, -0.2) is 23.1 Å². The molecule has 3 fully saturated rings. The van der Waals surface area contributed by atoms with E-state index in [9.17, 15) is 14.7 Å². The van der Waals surface area contributed by atoms with E-state index in [4.69, 9.17) is 4.74 Å². The molecule has 1 saturated heterocycles. The van der Waals surface area contributed by atoms with Crippen LogP contribution in [0, 0.1) is 23.7 Å². The molecule has 1 aliphatic heterocycles. The van der Waals surface area contributed by atoms with Crippen molar-refractivity contribution in [3.63, 3.8) is 0 Å². The number of phenolic OH excluding ortho intramolecular Hbond substituents is 1. The Morgan fingerprint density at radius 1 is 1.25 bits per heavy atom. The molecular weight excluding hydrogens is 258 g/mol. The van der Waals surface area contributed by atoms with Crippen LogP contribution in [0.5, 0.6) is 5.75 Å². The number of phenols is 1. The quantitative estimate of drug-likeness (QED) is 0.633. The molecule has 0 radical (unpaired) electrons. The van der Waals surface area contributed by atoms with E-state index >= 15 is 0 Å². The van der Waals surface area contributed by atoms with Crippen molar-refractivity contribution in [2.75, 3.05) is 5.32 Å². The maximum atomic E-state index is 12.4. The van der Waals surface area contributed by atoms with E-state index in [0.29, 0.717) is 5.69 Å². The number of fused-ring (bicyclic) bond motifs is 1. The summed E-state index contributed by atoms with van der Waals surface area (Å²) in [5.74, 6) is -0.168. The fourth-order valence-corrected chi connectivity index (χ4v) is 4.13. The van der Waals surface area contributed by atoms with Gasteiger partial charge in [0.25, 0.3) is 0 Å². The van der Waals surface area contributed by atoms with Gasteiger partial charge in [0.1, 0.15) is 11.9 Å². The molecule has 2 N–H and O–H groups in total. The number of aromatic hydroxyl groups is 1. The molecule has 5 heteroatoms. The molecule has 2 saturated carbocycles. The van der Waals surface area contributed by atoms with Crippen molar-refractivity contribution in [1.82, 2.24) is 0 Å². The minimum absolute atomic E-state index is 0.0511. The minimum atomic E-state index is -0.264. The normalized spacial score (nSPS) is 37.0. The van der Waals surface area contributed by atoms with Gasteiger partial charge >= 0.3 is 5.97 Å². The van der Waals surface area contributed by atoms with Crippen LogP contribution >= 0.6 is 0 Å². The van der Waals surface area contributed by atoms with Crippen molar-refractivity contribution in [1.29, 1.82) is 0 Å². The highest BCUT2D eigenvalue weighted by Gasteiger charge is 2.63. The molecule has 20 heavy (non-hydrogen) atoms. The zero-order valence-corrected chi connectivity index (χ0v) is 10.8. The molecule has 0 unspecified atom stereocenters. The molecular formula is C15H15NO4. The van der Waals surface area contributed by atoms with Crippen molar-refractivity contribution in [3.8, 4) is 5.75 Å². The second-order valence-corrected chi connectivity index (χ2v) is 5.96.